The molecule has 0 unspecified atom stereocenters. The molecule has 1 aromatic rings. The second-order valence-electron chi connectivity index (χ2n) is 5.75. The molecule has 0 heterocycles. The predicted octanol–water partition coefficient (Wildman–Crippen LogP) is 1.29. The highest BCUT2D eigenvalue weighted by Gasteiger charge is 2.23. The van der Waals surface area contributed by atoms with Gasteiger partial charge in [-0.15, -0.1) is 0 Å². The van der Waals surface area contributed by atoms with Crippen LogP contribution in [0.1, 0.15) is 25.7 Å². The first-order chi connectivity index (χ1) is 11.6. The number of methoxy groups -OCH3 is 1. The SMILES string of the molecule is CNCCCC(=O)Nc1ccc(OC)c(OCC(=O)NC2CC2)c1. The average Bonchev–Trinajstić information content (AvgIpc) is 3.37. The number of anilines is 1. The van der Waals surface area contributed by atoms with E-state index in [1.807, 2.05) is 7.05 Å². The van der Waals surface area contributed by atoms with Crippen LogP contribution in [0, 0.1) is 0 Å². The first kappa shape index (κ1) is 18.1. The van der Waals surface area contributed by atoms with Crippen LogP contribution < -0.4 is 25.4 Å². The third-order valence-corrected chi connectivity index (χ3v) is 3.58. The van der Waals surface area contributed by atoms with Gasteiger partial charge in [0.05, 0.1) is 7.11 Å². The highest BCUT2D eigenvalue weighted by Crippen LogP contribution is 2.30. The van der Waals surface area contributed by atoms with Crippen LogP contribution in [-0.2, 0) is 9.59 Å². The summed E-state index contributed by atoms with van der Waals surface area (Å²) >= 11 is 0. The van der Waals surface area contributed by atoms with E-state index in [4.69, 9.17) is 9.47 Å². The highest BCUT2D eigenvalue weighted by molar-refractivity contribution is 5.91. The van der Waals surface area contributed by atoms with E-state index in [1.54, 1.807) is 18.2 Å². The van der Waals surface area contributed by atoms with Crippen LogP contribution >= 0.6 is 0 Å². The normalized spacial score (nSPS) is 13.2. The average molecular weight is 335 g/mol. The van der Waals surface area contributed by atoms with Crippen molar-refractivity contribution in [3.8, 4) is 11.5 Å². The van der Waals surface area contributed by atoms with Crippen LogP contribution in [-0.4, -0.2) is 45.2 Å². The largest absolute Gasteiger partial charge is 0.493 e. The Labute approximate surface area is 142 Å². The molecule has 132 valence electrons. The molecule has 1 aliphatic rings. The van der Waals surface area contributed by atoms with Crippen LogP contribution in [0.15, 0.2) is 18.2 Å². The third kappa shape index (κ3) is 6.08. The van der Waals surface area contributed by atoms with Gasteiger partial charge in [-0.3, -0.25) is 9.59 Å². The summed E-state index contributed by atoms with van der Waals surface area (Å²) in [4.78, 5) is 23.6. The Balaban J connectivity index is 1.90. The van der Waals surface area contributed by atoms with Crippen LogP contribution in [0.3, 0.4) is 0 Å². The summed E-state index contributed by atoms with van der Waals surface area (Å²) in [5.74, 6) is 0.729. The molecule has 1 aromatic carbocycles. The van der Waals surface area contributed by atoms with E-state index in [2.05, 4.69) is 16.0 Å². The first-order valence-electron chi connectivity index (χ1n) is 8.17. The molecule has 24 heavy (non-hydrogen) atoms. The minimum Gasteiger partial charge on any atom is -0.493 e. The third-order valence-electron chi connectivity index (χ3n) is 3.58. The van der Waals surface area contributed by atoms with Gasteiger partial charge in [-0.05, 0) is 45.0 Å². The van der Waals surface area contributed by atoms with Crippen LogP contribution in [0.2, 0.25) is 0 Å². The first-order valence-corrected chi connectivity index (χ1v) is 8.17. The molecule has 0 bridgehead atoms. The molecule has 0 aliphatic heterocycles. The molecule has 0 spiro atoms. The van der Waals surface area contributed by atoms with Gasteiger partial charge in [-0.25, -0.2) is 0 Å². The van der Waals surface area contributed by atoms with E-state index in [0.29, 0.717) is 29.6 Å². The van der Waals surface area contributed by atoms with Gasteiger partial charge in [0.2, 0.25) is 5.91 Å². The fourth-order valence-corrected chi connectivity index (χ4v) is 2.16. The Hall–Kier alpha value is -2.28. The van der Waals surface area contributed by atoms with Crippen molar-refractivity contribution in [2.24, 2.45) is 0 Å². The van der Waals surface area contributed by atoms with E-state index in [-0.39, 0.29) is 18.4 Å². The molecule has 7 heteroatoms. The van der Waals surface area contributed by atoms with Crippen molar-refractivity contribution < 1.29 is 19.1 Å². The van der Waals surface area contributed by atoms with Gasteiger partial charge in [0.15, 0.2) is 18.1 Å². The Morgan fingerprint density at radius 2 is 2.00 bits per heavy atom. The van der Waals surface area contributed by atoms with Gasteiger partial charge in [0.1, 0.15) is 0 Å². The Morgan fingerprint density at radius 1 is 1.21 bits per heavy atom. The molecule has 0 saturated heterocycles. The van der Waals surface area contributed by atoms with Crippen molar-refractivity contribution in [2.75, 3.05) is 32.6 Å². The lowest BCUT2D eigenvalue weighted by molar-refractivity contribution is -0.123. The van der Waals surface area contributed by atoms with E-state index in [0.717, 1.165) is 25.8 Å². The predicted molar refractivity (Wildman–Crippen MR) is 91.4 cm³/mol. The summed E-state index contributed by atoms with van der Waals surface area (Å²) in [5.41, 5.74) is 0.614. The molecular formula is C17H25N3O4. The quantitative estimate of drug-likeness (QED) is 0.561. The summed E-state index contributed by atoms with van der Waals surface area (Å²) in [5, 5.41) is 8.68. The number of carbonyl (C=O) groups excluding carboxylic acids is 2. The van der Waals surface area contributed by atoms with Crippen molar-refractivity contribution in [3.63, 3.8) is 0 Å². The maximum atomic E-state index is 11.9. The summed E-state index contributed by atoms with van der Waals surface area (Å²) in [6, 6.07) is 5.41. The molecule has 0 atom stereocenters. The van der Waals surface area contributed by atoms with Gasteiger partial charge in [0, 0.05) is 24.2 Å². The van der Waals surface area contributed by atoms with Crippen LogP contribution in [0.5, 0.6) is 11.5 Å². The molecule has 7 nitrogen and oxygen atoms in total. The lowest BCUT2D eigenvalue weighted by atomic mass is 10.2. The van der Waals surface area contributed by atoms with Gasteiger partial charge in [-0.2, -0.15) is 0 Å². The standard InChI is InChI=1S/C17H25N3O4/c1-18-9-3-4-16(21)20-13-7-8-14(23-2)15(10-13)24-11-17(22)19-12-5-6-12/h7-8,10,12,18H,3-6,9,11H2,1-2H3,(H,19,22)(H,20,21). The number of hydrogen-bond donors (Lipinski definition) is 3. The summed E-state index contributed by atoms with van der Waals surface area (Å²) in [6.07, 6.45) is 3.27. The smallest absolute Gasteiger partial charge is 0.258 e. The number of benzene rings is 1. The molecule has 0 aromatic heterocycles. The zero-order valence-electron chi connectivity index (χ0n) is 14.2. The van der Waals surface area contributed by atoms with E-state index in [1.165, 1.54) is 7.11 Å². The van der Waals surface area contributed by atoms with Gasteiger partial charge in [0.25, 0.3) is 5.91 Å². The van der Waals surface area contributed by atoms with E-state index < -0.39 is 0 Å². The molecule has 3 N–H and O–H groups in total. The fourth-order valence-electron chi connectivity index (χ4n) is 2.16. The summed E-state index contributed by atoms with van der Waals surface area (Å²) in [6.45, 7) is 0.715. The summed E-state index contributed by atoms with van der Waals surface area (Å²) < 4.78 is 10.8. The van der Waals surface area contributed by atoms with Crippen molar-refractivity contribution in [3.05, 3.63) is 18.2 Å². The van der Waals surface area contributed by atoms with Crippen molar-refractivity contribution in [1.82, 2.24) is 10.6 Å². The van der Waals surface area contributed by atoms with Crippen molar-refractivity contribution >= 4 is 17.5 Å². The van der Waals surface area contributed by atoms with Gasteiger partial charge < -0.3 is 25.4 Å². The zero-order chi connectivity index (χ0) is 17.4. The monoisotopic (exact) mass is 335 g/mol. The lowest BCUT2D eigenvalue weighted by Gasteiger charge is -2.13. The molecule has 0 radical (unpaired) electrons. The van der Waals surface area contributed by atoms with Crippen LogP contribution in [0.25, 0.3) is 0 Å². The maximum Gasteiger partial charge on any atom is 0.258 e. The second-order valence-corrected chi connectivity index (χ2v) is 5.75. The number of rotatable bonds is 10. The Bertz CT molecular complexity index is 573. The van der Waals surface area contributed by atoms with Crippen LogP contribution in [0.4, 0.5) is 5.69 Å². The van der Waals surface area contributed by atoms with Gasteiger partial charge >= 0.3 is 0 Å². The zero-order valence-corrected chi connectivity index (χ0v) is 14.2. The topological polar surface area (TPSA) is 88.7 Å². The minimum absolute atomic E-state index is 0.0622. The number of amides is 2. The Morgan fingerprint density at radius 3 is 2.67 bits per heavy atom. The number of ether oxygens (including phenoxy) is 2. The number of hydrogen-bond acceptors (Lipinski definition) is 5. The second kappa shape index (κ2) is 9.12. The molecule has 1 aliphatic carbocycles. The number of nitrogens with one attached hydrogen (secondary N) is 3. The molecular weight excluding hydrogens is 310 g/mol. The molecule has 2 amide bonds. The van der Waals surface area contributed by atoms with Gasteiger partial charge in [-0.1, -0.05) is 0 Å². The van der Waals surface area contributed by atoms with E-state index in [9.17, 15) is 9.59 Å². The number of carbonyl (C=O) groups is 2. The van der Waals surface area contributed by atoms with E-state index >= 15 is 0 Å². The molecule has 1 saturated carbocycles. The molecule has 1 fully saturated rings. The highest BCUT2D eigenvalue weighted by atomic mass is 16.5. The lowest BCUT2D eigenvalue weighted by Crippen LogP contribution is -2.30. The minimum atomic E-state index is -0.152. The maximum absolute atomic E-state index is 11.9. The van der Waals surface area contributed by atoms with Crippen molar-refractivity contribution in [1.29, 1.82) is 0 Å². The summed E-state index contributed by atoms with van der Waals surface area (Å²) in [7, 11) is 3.38. The fraction of sp³-hybridized carbons (Fsp3) is 0.529. The van der Waals surface area contributed by atoms with Crippen molar-refractivity contribution in [2.45, 2.75) is 31.7 Å². The Kier molecular flexibility index (Phi) is 6.87. The molecule has 2 rings (SSSR count).